The molecule has 1 aromatic carbocycles. The molecule has 0 aliphatic carbocycles. The van der Waals surface area contributed by atoms with Gasteiger partial charge in [0.05, 0.1) is 5.56 Å². The number of nitrogens with zero attached hydrogens (tertiary/aromatic N) is 4. The minimum Gasteiger partial charge on any atom is -0.342 e. The van der Waals surface area contributed by atoms with Crippen LogP contribution in [0.4, 0.5) is 11.6 Å². The van der Waals surface area contributed by atoms with E-state index in [0.717, 1.165) is 23.2 Å². The first-order valence-electron chi connectivity index (χ1n) is 8.22. The van der Waals surface area contributed by atoms with Crippen LogP contribution in [-0.2, 0) is 4.79 Å². The van der Waals surface area contributed by atoms with Gasteiger partial charge in [-0.2, -0.15) is 0 Å². The van der Waals surface area contributed by atoms with Crippen molar-refractivity contribution in [2.24, 2.45) is 0 Å². The van der Waals surface area contributed by atoms with Gasteiger partial charge in [0, 0.05) is 44.3 Å². The molecule has 7 heteroatoms. The number of aryl methyl sites for hydroxylation is 1. The molecule has 130 valence electrons. The molecule has 1 aromatic heterocycles. The van der Waals surface area contributed by atoms with E-state index < -0.39 is 0 Å². The summed E-state index contributed by atoms with van der Waals surface area (Å²) in [4.78, 5) is 35.5. The second-order valence-electron chi connectivity index (χ2n) is 6.10. The molecule has 2 amide bonds. The molecule has 0 spiro atoms. The van der Waals surface area contributed by atoms with Crippen molar-refractivity contribution in [3.8, 4) is 0 Å². The number of amides is 2. The van der Waals surface area contributed by atoms with Gasteiger partial charge in [0.25, 0.3) is 5.91 Å². The summed E-state index contributed by atoms with van der Waals surface area (Å²) in [5.41, 5.74) is 3.37. The monoisotopic (exact) mass is 339 g/mol. The Morgan fingerprint density at radius 3 is 2.44 bits per heavy atom. The number of piperazine rings is 1. The van der Waals surface area contributed by atoms with Crippen molar-refractivity contribution < 1.29 is 9.59 Å². The van der Waals surface area contributed by atoms with Crippen LogP contribution in [0.25, 0.3) is 0 Å². The number of carbonyl (C=O) groups excluding carboxylic acids is 2. The van der Waals surface area contributed by atoms with E-state index in [4.69, 9.17) is 0 Å². The highest BCUT2D eigenvalue weighted by Crippen LogP contribution is 2.19. The predicted molar refractivity (Wildman–Crippen MR) is 95.8 cm³/mol. The van der Waals surface area contributed by atoms with Crippen LogP contribution in [0.5, 0.6) is 0 Å². The zero-order chi connectivity index (χ0) is 17.8. The molecular weight excluding hydrogens is 318 g/mol. The topological polar surface area (TPSA) is 78.4 Å². The number of hydrogen-bond acceptors (Lipinski definition) is 5. The summed E-state index contributed by atoms with van der Waals surface area (Å²) in [7, 11) is 0. The zero-order valence-electron chi connectivity index (χ0n) is 14.4. The Morgan fingerprint density at radius 2 is 1.80 bits per heavy atom. The van der Waals surface area contributed by atoms with Crippen molar-refractivity contribution in [3.05, 3.63) is 47.3 Å². The molecule has 1 N–H and O–H groups in total. The lowest BCUT2D eigenvalue weighted by Crippen LogP contribution is -2.46. The van der Waals surface area contributed by atoms with Crippen molar-refractivity contribution in [2.45, 2.75) is 13.8 Å². The van der Waals surface area contributed by atoms with Crippen LogP contribution in [-0.4, -0.2) is 53.4 Å². The van der Waals surface area contributed by atoms with Gasteiger partial charge in [-0.15, -0.1) is 0 Å². The van der Waals surface area contributed by atoms with Crippen molar-refractivity contribution in [3.63, 3.8) is 0 Å². The van der Waals surface area contributed by atoms with E-state index in [1.54, 1.807) is 4.90 Å². The number of rotatable bonds is 4. The number of hydrogen-bond donors (Lipinski definition) is 1. The Kier molecular flexibility index (Phi) is 4.92. The Labute approximate surface area is 146 Å². The maximum Gasteiger partial charge on any atom is 0.258 e. The normalized spacial score (nSPS) is 14.3. The highest BCUT2D eigenvalue weighted by Gasteiger charge is 2.18. The number of carbonyl (C=O) groups is 2. The molecule has 0 saturated carbocycles. The maximum absolute atomic E-state index is 12.4. The molecule has 0 radical (unpaired) electrons. The van der Waals surface area contributed by atoms with Crippen LogP contribution >= 0.6 is 0 Å². The molecular formula is C18H21N5O2. The van der Waals surface area contributed by atoms with Gasteiger partial charge in [-0.1, -0.05) is 12.1 Å². The molecule has 1 aliphatic heterocycles. The fourth-order valence-corrected chi connectivity index (χ4v) is 2.71. The molecule has 0 unspecified atom stereocenters. The van der Waals surface area contributed by atoms with Crippen molar-refractivity contribution in [1.82, 2.24) is 14.9 Å². The van der Waals surface area contributed by atoms with Crippen LogP contribution in [0.15, 0.2) is 30.6 Å². The van der Waals surface area contributed by atoms with E-state index in [9.17, 15) is 9.59 Å². The second-order valence-corrected chi connectivity index (χ2v) is 6.10. The lowest BCUT2D eigenvalue weighted by molar-refractivity contribution is -0.118. The molecule has 2 aromatic rings. The van der Waals surface area contributed by atoms with Crippen LogP contribution in [0.3, 0.4) is 0 Å². The van der Waals surface area contributed by atoms with Crippen molar-refractivity contribution in [2.75, 3.05) is 36.4 Å². The Balaban J connectivity index is 1.67. The van der Waals surface area contributed by atoms with Gasteiger partial charge in [-0.25, -0.2) is 9.97 Å². The van der Waals surface area contributed by atoms with Crippen LogP contribution in [0.2, 0.25) is 0 Å². The molecule has 1 saturated heterocycles. The first kappa shape index (κ1) is 16.9. The second kappa shape index (κ2) is 7.29. The fraction of sp³-hybridized carbons (Fsp3) is 0.333. The average Bonchev–Trinajstić information content (AvgIpc) is 2.65. The number of aromatic nitrogens is 2. The summed E-state index contributed by atoms with van der Waals surface area (Å²) in [6.07, 6.45) is 3.93. The van der Waals surface area contributed by atoms with Gasteiger partial charge < -0.3 is 15.1 Å². The van der Waals surface area contributed by atoms with Gasteiger partial charge in [0.15, 0.2) is 0 Å². The quantitative estimate of drug-likeness (QED) is 0.857. The van der Waals surface area contributed by atoms with Crippen LogP contribution < -0.4 is 10.2 Å². The summed E-state index contributed by atoms with van der Waals surface area (Å²) in [6, 6.07) is 5.80. The van der Waals surface area contributed by atoms with Crippen molar-refractivity contribution in [1.29, 1.82) is 0 Å². The Bertz CT molecular complexity index is 768. The third-order valence-electron chi connectivity index (χ3n) is 4.50. The summed E-state index contributed by atoms with van der Waals surface area (Å²) < 4.78 is 0. The van der Waals surface area contributed by atoms with Crippen LogP contribution in [0.1, 0.15) is 21.5 Å². The molecule has 2 heterocycles. The van der Waals surface area contributed by atoms with E-state index in [-0.39, 0.29) is 5.91 Å². The highest BCUT2D eigenvalue weighted by molar-refractivity contribution is 6.04. The standard InChI is InChI=1S/C18H21N5O2/c1-13-4-3-5-16(14(13)2)21-17(25)15-10-19-18(20-11-15)23-8-6-22(12-24)7-9-23/h3-5,10-12H,6-9H2,1-2H3,(H,21,25). The number of nitrogens with one attached hydrogen (secondary N) is 1. The fourth-order valence-electron chi connectivity index (χ4n) is 2.71. The molecule has 1 fully saturated rings. The molecule has 25 heavy (non-hydrogen) atoms. The Hall–Kier alpha value is -2.96. The lowest BCUT2D eigenvalue weighted by Gasteiger charge is -2.32. The summed E-state index contributed by atoms with van der Waals surface area (Å²) in [6.45, 7) is 6.67. The largest absolute Gasteiger partial charge is 0.342 e. The summed E-state index contributed by atoms with van der Waals surface area (Å²) >= 11 is 0. The lowest BCUT2D eigenvalue weighted by atomic mass is 10.1. The molecule has 7 nitrogen and oxygen atoms in total. The molecule has 1 aliphatic rings. The third kappa shape index (κ3) is 3.76. The molecule has 0 bridgehead atoms. The summed E-state index contributed by atoms with van der Waals surface area (Å²) in [5.74, 6) is 0.347. The predicted octanol–water partition coefficient (Wildman–Crippen LogP) is 1.62. The first-order valence-corrected chi connectivity index (χ1v) is 8.22. The molecule has 3 rings (SSSR count). The SMILES string of the molecule is Cc1cccc(NC(=O)c2cnc(N3CCN(C=O)CC3)nc2)c1C. The van der Waals surface area contributed by atoms with E-state index >= 15 is 0 Å². The zero-order valence-corrected chi connectivity index (χ0v) is 14.4. The summed E-state index contributed by atoms with van der Waals surface area (Å²) in [5, 5.41) is 2.90. The van der Waals surface area contributed by atoms with Gasteiger partial charge in [-0.3, -0.25) is 9.59 Å². The van der Waals surface area contributed by atoms with E-state index in [0.29, 0.717) is 37.7 Å². The Morgan fingerprint density at radius 1 is 1.12 bits per heavy atom. The van der Waals surface area contributed by atoms with E-state index in [1.165, 1.54) is 12.4 Å². The number of anilines is 2. The third-order valence-corrected chi connectivity index (χ3v) is 4.50. The smallest absolute Gasteiger partial charge is 0.258 e. The highest BCUT2D eigenvalue weighted by atomic mass is 16.1. The van der Waals surface area contributed by atoms with E-state index in [2.05, 4.69) is 15.3 Å². The maximum atomic E-state index is 12.4. The minimum atomic E-state index is -0.231. The van der Waals surface area contributed by atoms with Crippen molar-refractivity contribution >= 4 is 24.0 Å². The van der Waals surface area contributed by atoms with Gasteiger partial charge >= 0.3 is 0 Å². The molecule has 0 atom stereocenters. The average molecular weight is 339 g/mol. The van der Waals surface area contributed by atoms with Gasteiger partial charge in [0.2, 0.25) is 12.4 Å². The van der Waals surface area contributed by atoms with Gasteiger partial charge in [0.1, 0.15) is 0 Å². The number of benzene rings is 1. The minimum absolute atomic E-state index is 0.231. The first-order chi connectivity index (χ1) is 12.1. The van der Waals surface area contributed by atoms with E-state index in [1.807, 2.05) is 36.9 Å². The van der Waals surface area contributed by atoms with Crippen LogP contribution in [0, 0.1) is 13.8 Å². The van der Waals surface area contributed by atoms with Gasteiger partial charge in [-0.05, 0) is 31.0 Å².